The number of H-pyrrole nitrogens is 1. The summed E-state index contributed by atoms with van der Waals surface area (Å²) >= 11 is 0. The van der Waals surface area contributed by atoms with Crippen molar-refractivity contribution in [2.45, 2.75) is 6.04 Å². The predicted octanol–water partition coefficient (Wildman–Crippen LogP) is 3.74. The molecule has 2 heterocycles. The zero-order valence-corrected chi connectivity index (χ0v) is 11.7. The van der Waals surface area contributed by atoms with E-state index in [4.69, 9.17) is 0 Å². The number of phenols is 1. The van der Waals surface area contributed by atoms with Gasteiger partial charge in [-0.2, -0.15) is 0 Å². The van der Waals surface area contributed by atoms with Gasteiger partial charge >= 0.3 is 0 Å². The van der Waals surface area contributed by atoms with Crippen molar-refractivity contribution in [3.8, 4) is 16.9 Å². The third-order valence-electron chi connectivity index (χ3n) is 4.00. The Morgan fingerprint density at radius 1 is 0.909 bits per heavy atom. The number of fused-ring (bicyclic) bond motifs is 3. The second-order valence-electron chi connectivity index (χ2n) is 5.35. The summed E-state index contributed by atoms with van der Waals surface area (Å²) in [5.74, 6) is 0.174. The molecule has 4 nitrogen and oxygen atoms in total. The Morgan fingerprint density at radius 2 is 1.68 bits per heavy atom. The van der Waals surface area contributed by atoms with Crippen LogP contribution >= 0.6 is 0 Å². The fourth-order valence-electron chi connectivity index (χ4n) is 2.91. The van der Waals surface area contributed by atoms with Gasteiger partial charge in [0, 0.05) is 23.0 Å². The van der Waals surface area contributed by atoms with Crippen LogP contribution in [0.2, 0.25) is 0 Å². The van der Waals surface area contributed by atoms with Gasteiger partial charge in [-0.15, -0.1) is 0 Å². The molecule has 1 aromatic heterocycles. The van der Waals surface area contributed by atoms with E-state index in [0.717, 1.165) is 22.4 Å². The minimum atomic E-state index is -0.485. The van der Waals surface area contributed by atoms with Crippen molar-refractivity contribution in [2.24, 2.45) is 0 Å². The van der Waals surface area contributed by atoms with E-state index in [0.29, 0.717) is 5.69 Å². The molecule has 0 spiro atoms. The highest BCUT2D eigenvalue weighted by Crippen LogP contribution is 2.38. The Hall–Kier alpha value is -3.01. The van der Waals surface area contributed by atoms with Crippen molar-refractivity contribution in [3.63, 3.8) is 0 Å². The van der Waals surface area contributed by atoms with Gasteiger partial charge in [0.2, 0.25) is 5.78 Å². The Kier molecular flexibility index (Phi) is 2.76. The third kappa shape index (κ3) is 1.89. The van der Waals surface area contributed by atoms with Crippen LogP contribution in [-0.4, -0.2) is 15.9 Å². The number of nitrogens with one attached hydrogen (secondary N) is 2. The molecular weight excluding hydrogens is 276 g/mol. The number of hydrogen-bond donors (Lipinski definition) is 3. The normalized spacial score (nSPS) is 16.4. The van der Waals surface area contributed by atoms with Gasteiger partial charge in [-0.25, -0.2) is 0 Å². The lowest BCUT2D eigenvalue weighted by atomic mass is 9.99. The van der Waals surface area contributed by atoms with E-state index in [9.17, 15) is 9.90 Å². The molecule has 1 aliphatic heterocycles. The van der Waals surface area contributed by atoms with Crippen LogP contribution < -0.4 is 5.32 Å². The zero-order chi connectivity index (χ0) is 15.1. The number of aromatic amines is 1. The topological polar surface area (TPSA) is 65.1 Å². The molecule has 2 aromatic carbocycles. The number of para-hydroxylation sites is 1. The average Bonchev–Trinajstić information content (AvgIpc) is 2.99. The van der Waals surface area contributed by atoms with E-state index >= 15 is 0 Å². The van der Waals surface area contributed by atoms with Gasteiger partial charge in [0.25, 0.3) is 0 Å². The van der Waals surface area contributed by atoms with Crippen molar-refractivity contribution < 1.29 is 9.90 Å². The molecule has 3 N–H and O–H groups in total. The van der Waals surface area contributed by atoms with E-state index in [1.807, 2.05) is 30.3 Å². The summed E-state index contributed by atoms with van der Waals surface area (Å²) in [7, 11) is 0. The first-order valence-electron chi connectivity index (χ1n) is 7.10. The van der Waals surface area contributed by atoms with Crippen LogP contribution in [0.1, 0.15) is 22.1 Å². The van der Waals surface area contributed by atoms with Crippen LogP contribution in [-0.2, 0) is 0 Å². The lowest BCUT2D eigenvalue weighted by Crippen LogP contribution is -2.20. The molecule has 0 unspecified atom stereocenters. The van der Waals surface area contributed by atoms with Crippen LogP contribution in [0.5, 0.6) is 5.75 Å². The van der Waals surface area contributed by atoms with Gasteiger partial charge < -0.3 is 15.4 Å². The summed E-state index contributed by atoms with van der Waals surface area (Å²) in [5, 5.41) is 12.8. The maximum Gasteiger partial charge on any atom is 0.206 e. The Labute approximate surface area is 127 Å². The van der Waals surface area contributed by atoms with E-state index in [2.05, 4.69) is 10.3 Å². The van der Waals surface area contributed by atoms with Gasteiger partial charge in [-0.1, -0.05) is 30.3 Å². The summed E-state index contributed by atoms with van der Waals surface area (Å²) in [6.45, 7) is 0. The van der Waals surface area contributed by atoms with E-state index in [1.165, 1.54) is 0 Å². The quantitative estimate of drug-likeness (QED) is 0.639. The highest BCUT2D eigenvalue weighted by molar-refractivity contribution is 6.09. The standard InChI is InChI=1S/C18H14N2O2/c21-12-7-5-11(6-8-12)16-18(22)17-14(9-10-19-17)13-3-1-2-4-15(13)20-16/h1-10,16,19-21H/t16-/m0/s1. The maximum absolute atomic E-state index is 12.9. The first-order chi connectivity index (χ1) is 10.7. The molecule has 0 bridgehead atoms. The molecule has 3 aromatic rings. The van der Waals surface area contributed by atoms with Crippen LogP contribution in [0.4, 0.5) is 5.69 Å². The molecule has 4 rings (SSSR count). The molecule has 0 amide bonds. The van der Waals surface area contributed by atoms with Gasteiger partial charge in [0.15, 0.2) is 0 Å². The summed E-state index contributed by atoms with van der Waals surface area (Å²) in [4.78, 5) is 16.0. The number of benzene rings is 2. The molecule has 0 saturated carbocycles. The summed E-state index contributed by atoms with van der Waals surface area (Å²) in [6.07, 6.45) is 1.79. The van der Waals surface area contributed by atoms with Crippen LogP contribution in [0.15, 0.2) is 60.8 Å². The number of Topliss-reactive ketones (excluding diaryl/α,β-unsaturated/α-hetero) is 1. The number of aromatic nitrogens is 1. The number of ketones is 1. The Balaban J connectivity index is 1.90. The number of aromatic hydroxyl groups is 1. The summed E-state index contributed by atoms with van der Waals surface area (Å²) in [5.41, 5.74) is 4.27. The van der Waals surface area contributed by atoms with E-state index in [-0.39, 0.29) is 11.5 Å². The molecule has 108 valence electrons. The fraction of sp³-hybridized carbons (Fsp3) is 0.0556. The van der Waals surface area contributed by atoms with Crippen molar-refractivity contribution >= 4 is 11.5 Å². The van der Waals surface area contributed by atoms with Gasteiger partial charge in [-0.3, -0.25) is 4.79 Å². The second-order valence-corrected chi connectivity index (χ2v) is 5.35. The van der Waals surface area contributed by atoms with E-state index < -0.39 is 6.04 Å². The van der Waals surface area contributed by atoms with Crippen molar-refractivity contribution in [2.75, 3.05) is 5.32 Å². The molecule has 0 radical (unpaired) electrons. The van der Waals surface area contributed by atoms with Crippen molar-refractivity contribution in [1.29, 1.82) is 0 Å². The van der Waals surface area contributed by atoms with E-state index in [1.54, 1.807) is 30.5 Å². The zero-order valence-electron chi connectivity index (χ0n) is 11.7. The lowest BCUT2D eigenvalue weighted by molar-refractivity contribution is 0.0966. The molecule has 1 atom stereocenters. The number of phenolic OH excluding ortho intramolecular Hbond substituents is 1. The van der Waals surface area contributed by atoms with Crippen LogP contribution in [0.25, 0.3) is 11.1 Å². The van der Waals surface area contributed by atoms with Crippen LogP contribution in [0, 0.1) is 0 Å². The average molecular weight is 290 g/mol. The van der Waals surface area contributed by atoms with Crippen molar-refractivity contribution in [1.82, 2.24) is 4.98 Å². The largest absolute Gasteiger partial charge is 0.508 e. The minimum absolute atomic E-state index is 0.0121. The Bertz CT molecular complexity index is 850. The molecular formula is C18H14N2O2. The first-order valence-corrected chi connectivity index (χ1v) is 7.10. The number of rotatable bonds is 1. The van der Waals surface area contributed by atoms with Crippen LogP contribution in [0.3, 0.4) is 0 Å². The Morgan fingerprint density at radius 3 is 2.50 bits per heavy atom. The SMILES string of the molecule is O=C1c2[nH]ccc2-c2ccccc2N[C@H]1c1ccc(O)cc1. The number of hydrogen-bond acceptors (Lipinski definition) is 3. The number of anilines is 1. The predicted molar refractivity (Wildman–Crippen MR) is 85.0 cm³/mol. The summed E-state index contributed by atoms with van der Waals surface area (Å²) < 4.78 is 0. The molecule has 0 aliphatic carbocycles. The lowest BCUT2D eigenvalue weighted by Gasteiger charge is -2.17. The molecule has 22 heavy (non-hydrogen) atoms. The molecule has 0 saturated heterocycles. The highest BCUT2D eigenvalue weighted by Gasteiger charge is 2.29. The maximum atomic E-state index is 12.9. The highest BCUT2D eigenvalue weighted by atomic mass is 16.3. The molecule has 0 fully saturated rings. The monoisotopic (exact) mass is 290 g/mol. The third-order valence-corrected chi connectivity index (χ3v) is 4.00. The second kappa shape index (κ2) is 4.77. The summed E-state index contributed by atoms with van der Waals surface area (Å²) in [6, 6.07) is 16.0. The van der Waals surface area contributed by atoms with Gasteiger partial charge in [-0.05, 0) is 29.8 Å². The van der Waals surface area contributed by atoms with Gasteiger partial charge in [0.05, 0.1) is 5.69 Å². The minimum Gasteiger partial charge on any atom is -0.508 e. The van der Waals surface area contributed by atoms with Crippen molar-refractivity contribution in [3.05, 3.63) is 72.1 Å². The van der Waals surface area contributed by atoms with Gasteiger partial charge in [0.1, 0.15) is 11.8 Å². The smallest absolute Gasteiger partial charge is 0.206 e. The number of carbonyl (C=O) groups is 1. The fourth-order valence-corrected chi connectivity index (χ4v) is 2.91. The molecule has 4 heteroatoms. The first kappa shape index (κ1) is 12.7. The number of carbonyl (C=O) groups excluding carboxylic acids is 1. The molecule has 1 aliphatic rings.